The van der Waals surface area contributed by atoms with Crippen LogP contribution in [0, 0.1) is 11.3 Å². The molecular formula is C17H14ClN3O2. The molecule has 1 N–H and O–H groups in total. The Hall–Kier alpha value is -2.84. The van der Waals surface area contributed by atoms with Gasteiger partial charge in [-0.25, -0.2) is 0 Å². The number of anilines is 2. The number of halogens is 1. The van der Waals surface area contributed by atoms with Crippen molar-refractivity contribution in [2.45, 2.75) is 6.92 Å². The van der Waals surface area contributed by atoms with Crippen LogP contribution in [0.4, 0.5) is 11.4 Å². The van der Waals surface area contributed by atoms with Gasteiger partial charge in [0.15, 0.2) is 0 Å². The minimum Gasteiger partial charge on any atom is -0.324 e. The summed E-state index contributed by atoms with van der Waals surface area (Å²) < 4.78 is 0. The highest BCUT2D eigenvalue weighted by atomic mass is 35.5. The maximum absolute atomic E-state index is 12.1. The lowest BCUT2D eigenvalue weighted by molar-refractivity contribution is -0.120. The Morgan fingerprint density at radius 1 is 1.22 bits per heavy atom. The van der Waals surface area contributed by atoms with E-state index >= 15 is 0 Å². The normalized spacial score (nSPS) is 9.78. The number of carbonyl (C=O) groups is 2. The zero-order valence-electron chi connectivity index (χ0n) is 12.4. The quantitative estimate of drug-likeness (QED) is 0.937. The monoisotopic (exact) mass is 327 g/mol. The van der Waals surface area contributed by atoms with Crippen LogP contribution in [0.1, 0.15) is 12.5 Å². The van der Waals surface area contributed by atoms with Gasteiger partial charge in [-0.2, -0.15) is 5.26 Å². The van der Waals surface area contributed by atoms with Crippen LogP contribution >= 0.6 is 11.6 Å². The Bertz CT molecular complexity index is 766. The van der Waals surface area contributed by atoms with Gasteiger partial charge < -0.3 is 10.2 Å². The van der Waals surface area contributed by atoms with E-state index < -0.39 is 0 Å². The van der Waals surface area contributed by atoms with Crippen LogP contribution in [-0.2, 0) is 9.59 Å². The molecule has 2 rings (SSSR count). The molecule has 0 aromatic heterocycles. The van der Waals surface area contributed by atoms with Gasteiger partial charge in [-0.1, -0.05) is 17.7 Å². The molecule has 0 radical (unpaired) electrons. The molecule has 0 saturated heterocycles. The van der Waals surface area contributed by atoms with Crippen LogP contribution in [0.3, 0.4) is 0 Å². The molecule has 0 saturated carbocycles. The van der Waals surface area contributed by atoms with Gasteiger partial charge >= 0.3 is 0 Å². The summed E-state index contributed by atoms with van der Waals surface area (Å²) in [4.78, 5) is 25.3. The summed E-state index contributed by atoms with van der Waals surface area (Å²) in [6.07, 6.45) is 0. The smallest absolute Gasteiger partial charge is 0.244 e. The van der Waals surface area contributed by atoms with Crippen LogP contribution < -0.4 is 10.2 Å². The highest BCUT2D eigenvalue weighted by Crippen LogP contribution is 2.17. The lowest BCUT2D eigenvalue weighted by atomic mass is 10.2. The van der Waals surface area contributed by atoms with Crippen molar-refractivity contribution < 1.29 is 9.59 Å². The number of nitrogens with zero attached hydrogens (tertiary/aromatic N) is 2. The van der Waals surface area contributed by atoms with Crippen LogP contribution in [0.25, 0.3) is 0 Å². The van der Waals surface area contributed by atoms with Gasteiger partial charge in [0.2, 0.25) is 11.8 Å². The number of amides is 2. The highest BCUT2D eigenvalue weighted by molar-refractivity contribution is 6.30. The Morgan fingerprint density at radius 3 is 2.48 bits per heavy atom. The summed E-state index contributed by atoms with van der Waals surface area (Å²) >= 11 is 5.87. The maximum Gasteiger partial charge on any atom is 0.244 e. The van der Waals surface area contributed by atoms with Gasteiger partial charge in [0.05, 0.1) is 11.6 Å². The van der Waals surface area contributed by atoms with Gasteiger partial charge in [-0.15, -0.1) is 0 Å². The van der Waals surface area contributed by atoms with Crippen LogP contribution in [-0.4, -0.2) is 18.4 Å². The van der Waals surface area contributed by atoms with Crippen molar-refractivity contribution in [3.8, 4) is 6.07 Å². The first kappa shape index (κ1) is 16.5. The number of hydrogen-bond donors (Lipinski definition) is 1. The summed E-state index contributed by atoms with van der Waals surface area (Å²) in [5, 5.41) is 12.0. The predicted octanol–water partition coefficient (Wildman–Crippen LogP) is 3.20. The molecule has 0 bridgehead atoms. The first-order valence-corrected chi connectivity index (χ1v) is 7.21. The number of hydrogen-bond acceptors (Lipinski definition) is 3. The lowest BCUT2D eigenvalue weighted by Gasteiger charge is -2.20. The molecule has 0 atom stereocenters. The molecule has 6 heteroatoms. The van der Waals surface area contributed by atoms with Gasteiger partial charge in [-0.3, -0.25) is 9.59 Å². The molecule has 2 aromatic rings. The topological polar surface area (TPSA) is 73.2 Å². The second-order valence-electron chi connectivity index (χ2n) is 4.82. The van der Waals surface area contributed by atoms with Crippen LogP contribution in [0.15, 0.2) is 48.5 Å². The minimum absolute atomic E-state index is 0.131. The predicted molar refractivity (Wildman–Crippen MR) is 89.3 cm³/mol. The lowest BCUT2D eigenvalue weighted by Crippen LogP contribution is -2.36. The van der Waals surface area contributed by atoms with Crippen molar-refractivity contribution in [3.63, 3.8) is 0 Å². The highest BCUT2D eigenvalue weighted by Gasteiger charge is 2.16. The van der Waals surface area contributed by atoms with E-state index in [9.17, 15) is 9.59 Å². The standard InChI is InChI=1S/C17H14ClN3O2/c1-12(22)21(16-7-5-13(10-19)6-8-16)11-17(23)20-15-4-2-3-14(18)9-15/h2-9H,11H2,1H3,(H,20,23). The molecule has 0 heterocycles. The maximum atomic E-state index is 12.1. The molecule has 0 aliphatic rings. The molecule has 5 nitrogen and oxygen atoms in total. The number of rotatable bonds is 4. The fourth-order valence-corrected chi connectivity index (χ4v) is 2.20. The first-order valence-electron chi connectivity index (χ1n) is 6.83. The van der Waals surface area contributed by atoms with E-state index in [0.29, 0.717) is 22.0 Å². The van der Waals surface area contributed by atoms with Crippen molar-refractivity contribution in [2.75, 3.05) is 16.8 Å². The first-order chi connectivity index (χ1) is 11.0. The SMILES string of the molecule is CC(=O)N(CC(=O)Nc1cccc(Cl)c1)c1ccc(C#N)cc1. The van der Waals surface area contributed by atoms with Crippen molar-refractivity contribution in [3.05, 3.63) is 59.1 Å². The van der Waals surface area contributed by atoms with E-state index in [-0.39, 0.29) is 18.4 Å². The van der Waals surface area contributed by atoms with E-state index in [4.69, 9.17) is 16.9 Å². The summed E-state index contributed by atoms with van der Waals surface area (Å²) in [6, 6.07) is 15.2. The van der Waals surface area contributed by atoms with Crippen molar-refractivity contribution in [1.82, 2.24) is 0 Å². The van der Waals surface area contributed by atoms with Crippen LogP contribution in [0.2, 0.25) is 5.02 Å². The van der Waals surface area contributed by atoms with E-state index in [2.05, 4.69) is 5.32 Å². The third-order valence-electron chi connectivity index (χ3n) is 3.10. The largest absolute Gasteiger partial charge is 0.324 e. The fraction of sp³-hybridized carbons (Fsp3) is 0.118. The Labute approximate surface area is 139 Å². The fourth-order valence-electron chi connectivity index (χ4n) is 2.01. The Balaban J connectivity index is 2.11. The number of nitriles is 1. The number of nitrogens with one attached hydrogen (secondary N) is 1. The molecule has 2 aromatic carbocycles. The van der Waals surface area contributed by atoms with E-state index in [1.54, 1.807) is 48.5 Å². The van der Waals surface area contributed by atoms with Crippen LogP contribution in [0.5, 0.6) is 0 Å². The second-order valence-corrected chi connectivity index (χ2v) is 5.26. The molecular weight excluding hydrogens is 314 g/mol. The molecule has 0 aliphatic heterocycles. The van der Waals surface area contributed by atoms with Gasteiger partial charge in [0.25, 0.3) is 0 Å². The zero-order chi connectivity index (χ0) is 16.8. The number of carbonyl (C=O) groups excluding carboxylic acids is 2. The summed E-state index contributed by atoms with van der Waals surface area (Å²) in [5.74, 6) is -0.609. The average Bonchev–Trinajstić information content (AvgIpc) is 2.52. The molecule has 23 heavy (non-hydrogen) atoms. The summed E-state index contributed by atoms with van der Waals surface area (Å²) in [5.41, 5.74) is 1.60. The van der Waals surface area contributed by atoms with Crippen molar-refractivity contribution >= 4 is 34.8 Å². The molecule has 0 fully saturated rings. The van der Waals surface area contributed by atoms with Crippen molar-refractivity contribution in [1.29, 1.82) is 5.26 Å². The Morgan fingerprint density at radius 2 is 1.91 bits per heavy atom. The zero-order valence-corrected chi connectivity index (χ0v) is 13.2. The molecule has 116 valence electrons. The van der Waals surface area contributed by atoms with E-state index in [0.717, 1.165) is 0 Å². The second kappa shape index (κ2) is 7.43. The molecule has 2 amide bonds. The third kappa shape index (κ3) is 4.56. The van der Waals surface area contributed by atoms with E-state index in [1.807, 2.05) is 6.07 Å². The third-order valence-corrected chi connectivity index (χ3v) is 3.33. The minimum atomic E-state index is -0.341. The van der Waals surface area contributed by atoms with E-state index in [1.165, 1.54) is 11.8 Å². The molecule has 0 spiro atoms. The summed E-state index contributed by atoms with van der Waals surface area (Å²) in [7, 11) is 0. The van der Waals surface area contributed by atoms with Crippen molar-refractivity contribution in [2.24, 2.45) is 0 Å². The van der Waals surface area contributed by atoms with Gasteiger partial charge in [0.1, 0.15) is 6.54 Å². The molecule has 0 unspecified atom stereocenters. The average molecular weight is 328 g/mol. The number of benzene rings is 2. The summed E-state index contributed by atoms with van der Waals surface area (Å²) in [6.45, 7) is 1.25. The molecule has 0 aliphatic carbocycles. The van der Waals surface area contributed by atoms with Gasteiger partial charge in [0, 0.05) is 23.3 Å². The van der Waals surface area contributed by atoms with Gasteiger partial charge in [-0.05, 0) is 42.5 Å². The Kier molecular flexibility index (Phi) is 5.34.